The van der Waals surface area contributed by atoms with Gasteiger partial charge in [-0.3, -0.25) is 0 Å². The van der Waals surface area contributed by atoms with Crippen LogP contribution in [-0.4, -0.2) is 17.9 Å². The van der Waals surface area contributed by atoms with Crippen LogP contribution < -0.4 is 0 Å². The lowest BCUT2D eigenvalue weighted by Crippen LogP contribution is -2.35. The summed E-state index contributed by atoms with van der Waals surface area (Å²) in [5.41, 5.74) is 0. The summed E-state index contributed by atoms with van der Waals surface area (Å²) in [6, 6.07) is 0. The van der Waals surface area contributed by atoms with E-state index in [0.717, 1.165) is 0 Å². The second kappa shape index (κ2) is 2.74. The first kappa shape index (κ1) is 9.06. The quantitative estimate of drug-likeness (QED) is 0.630. The third-order valence-corrected chi connectivity index (χ3v) is 3.21. The zero-order valence-electron chi connectivity index (χ0n) is 6.96. The van der Waals surface area contributed by atoms with Gasteiger partial charge in [0.1, 0.15) is 0 Å². The first-order valence-electron chi connectivity index (χ1n) is 4.40. The summed E-state index contributed by atoms with van der Waals surface area (Å²) in [4.78, 5) is 0. The van der Waals surface area contributed by atoms with Gasteiger partial charge < -0.3 is 5.11 Å². The molecule has 74 valence electrons. The minimum absolute atomic E-state index is 0.0541. The van der Waals surface area contributed by atoms with Crippen molar-refractivity contribution in [2.45, 2.75) is 12.6 Å². The van der Waals surface area contributed by atoms with Gasteiger partial charge in [-0.15, -0.1) is 0 Å². The van der Waals surface area contributed by atoms with Gasteiger partial charge in [-0.25, -0.2) is 0 Å². The Hall–Kier alpha value is -0.510. The number of alkyl halides is 3. The summed E-state index contributed by atoms with van der Waals surface area (Å²) in [6.07, 6.45) is -0.129. The molecule has 0 saturated heterocycles. The lowest BCUT2D eigenvalue weighted by Gasteiger charge is -2.28. The van der Waals surface area contributed by atoms with Crippen molar-refractivity contribution < 1.29 is 18.3 Å². The minimum Gasteiger partial charge on any atom is -0.396 e. The molecule has 0 spiro atoms. The third-order valence-electron chi connectivity index (χ3n) is 3.21. The monoisotopic (exact) mass is 192 g/mol. The van der Waals surface area contributed by atoms with Gasteiger partial charge in [0.15, 0.2) is 0 Å². The Balaban J connectivity index is 2.23. The molecule has 2 rings (SSSR count). The lowest BCUT2D eigenvalue weighted by atomic mass is 9.83. The van der Waals surface area contributed by atoms with Crippen molar-refractivity contribution in [1.29, 1.82) is 0 Å². The molecule has 0 amide bonds. The Labute approximate surface area is 74.2 Å². The SMILES string of the molecule is OCC1C2C=CC(C2)C1C(F)(F)F. The lowest BCUT2D eigenvalue weighted by molar-refractivity contribution is -0.196. The van der Waals surface area contributed by atoms with Crippen LogP contribution in [0, 0.1) is 23.7 Å². The van der Waals surface area contributed by atoms with Crippen molar-refractivity contribution >= 4 is 0 Å². The smallest absolute Gasteiger partial charge is 0.392 e. The molecule has 1 fully saturated rings. The first-order valence-corrected chi connectivity index (χ1v) is 4.40. The van der Waals surface area contributed by atoms with Gasteiger partial charge in [-0.05, 0) is 18.3 Å². The maximum Gasteiger partial charge on any atom is 0.392 e. The topological polar surface area (TPSA) is 20.2 Å². The molecular weight excluding hydrogens is 181 g/mol. The molecule has 0 aromatic carbocycles. The Bertz CT molecular complexity index is 234. The molecule has 0 aliphatic heterocycles. The van der Waals surface area contributed by atoms with E-state index in [9.17, 15) is 13.2 Å². The molecule has 2 aliphatic carbocycles. The molecular formula is C9H11F3O. The van der Waals surface area contributed by atoms with Crippen LogP contribution in [0.3, 0.4) is 0 Å². The molecule has 2 aliphatic rings. The molecule has 1 saturated carbocycles. The molecule has 4 unspecified atom stereocenters. The van der Waals surface area contributed by atoms with E-state index in [0.29, 0.717) is 6.42 Å². The fourth-order valence-electron chi connectivity index (χ4n) is 2.66. The number of hydrogen-bond acceptors (Lipinski definition) is 1. The van der Waals surface area contributed by atoms with E-state index in [1.54, 1.807) is 6.08 Å². The van der Waals surface area contributed by atoms with Crippen LogP contribution in [-0.2, 0) is 0 Å². The van der Waals surface area contributed by atoms with E-state index in [4.69, 9.17) is 5.11 Å². The molecule has 2 bridgehead atoms. The zero-order valence-corrected chi connectivity index (χ0v) is 6.96. The molecule has 0 aromatic heterocycles. The number of rotatable bonds is 1. The molecule has 4 atom stereocenters. The van der Waals surface area contributed by atoms with Crippen molar-refractivity contribution in [2.24, 2.45) is 23.7 Å². The highest BCUT2D eigenvalue weighted by atomic mass is 19.4. The van der Waals surface area contributed by atoms with Crippen molar-refractivity contribution in [3.63, 3.8) is 0 Å². The Morgan fingerprint density at radius 2 is 1.85 bits per heavy atom. The number of hydrogen-bond donors (Lipinski definition) is 1. The molecule has 13 heavy (non-hydrogen) atoms. The Morgan fingerprint density at radius 3 is 2.31 bits per heavy atom. The van der Waals surface area contributed by atoms with E-state index in [2.05, 4.69) is 0 Å². The zero-order chi connectivity index (χ0) is 9.64. The van der Waals surface area contributed by atoms with Crippen LogP contribution >= 0.6 is 0 Å². The maximum absolute atomic E-state index is 12.5. The molecule has 0 radical (unpaired) electrons. The van der Waals surface area contributed by atoms with Crippen molar-refractivity contribution in [1.82, 2.24) is 0 Å². The predicted molar refractivity (Wildman–Crippen MR) is 40.9 cm³/mol. The molecule has 1 nitrogen and oxygen atoms in total. The third kappa shape index (κ3) is 1.27. The fourth-order valence-corrected chi connectivity index (χ4v) is 2.66. The van der Waals surface area contributed by atoms with Gasteiger partial charge in [-0.2, -0.15) is 13.2 Å². The van der Waals surface area contributed by atoms with Gasteiger partial charge in [0.25, 0.3) is 0 Å². The van der Waals surface area contributed by atoms with Crippen LogP contribution in [0.1, 0.15) is 6.42 Å². The normalized spacial score (nSPS) is 43.1. The van der Waals surface area contributed by atoms with Crippen LogP contribution in [0.4, 0.5) is 13.2 Å². The largest absolute Gasteiger partial charge is 0.396 e. The van der Waals surface area contributed by atoms with Crippen LogP contribution in [0.15, 0.2) is 12.2 Å². The number of aliphatic hydroxyl groups is 1. The van der Waals surface area contributed by atoms with Crippen molar-refractivity contribution in [2.75, 3.05) is 6.61 Å². The van der Waals surface area contributed by atoms with E-state index < -0.39 is 18.0 Å². The van der Waals surface area contributed by atoms with Gasteiger partial charge in [0, 0.05) is 12.5 Å². The summed E-state index contributed by atoms with van der Waals surface area (Å²) in [7, 11) is 0. The molecule has 0 heterocycles. The average Bonchev–Trinajstić information content (AvgIpc) is 2.59. The highest BCUT2D eigenvalue weighted by Gasteiger charge is 2.56. The number of aliphatic hydroxyl groups excluding tert-OH is 1. The second-order valence-corrected chi connectivity index (χ2v) is 3.86. The van der Waals surface area contributed by atoms with Crippen LogP contribution in [0.25, 0.3) is 0 Å². The van der Waals surface area contributed by atoms with E-state index >= 15 is 0 Å². The van der Waals surface area contributed by atoms with Gasteiger partial charge in [-0.1, -0.05) is 12.2 Å². The van der Waals surface area contributed by atoms with Crippen molar-refractivity contribution in [3.05, 3.63) is 12.2 Å². The summed E-state index contributed by atoms with van der Waals surface area (Å²) in [6.45, 7) is -0.352. The van der Waals surface area contributed by atoms with E-state index in [1.807, 2.05) is 6.08 Å². The van der Waals surface area contributed by atoms with Gasteiger partial charge >= 0.3 is 6.18 Å². The Morgan fingerprint density at radius 1 is 1.23 bits per heavy atom. The highest BCUT2D eigenvalue weighted by molar-refractivity contribution is 5.14. The predicted octanol–water partition coefficient (Wildman–Crippen LogP) is 1.98. The van der Waals surface area contributed by atoms with Gasteiger partial charge in [0.2, 0.25) is 0 Å². The van der Waals surface area contributed by atoms with Crippen molar-refractivity contribution in [3.8, 4) is 0 Å². The second-order valence-electron chi connectivity index (χ2n) is 3.86. The number of fused-ring (bicyclic) bond motifs is 2. The molecule has 4 heteroatoms. The van der Waals surface area contributed by atoms with E-state index in [-0.39, 0.29) is 18.4 Å². The number of halogens is 3. The highest BCUT2D eigenvalue weighted by Crippen LogP contribution is 2.53. The average molecular weight is 192 g/mol. The summed E-state index contributed by atoms with van der Waals surface area (Å²) < 4.78 is 37.5. The Kier molecular flexibility index (Phi) is 1.91. The summed E-state index contributed by atoms with van der Waals surface area (Å²) in [5.74, 6) is -2.36. The molecule has 0 aromatic rings. The number of allylic oxidation sites excluding steroid dienone is 2. The molecule has 1 N–H and O–H groups in total. The van der Waals surface area contributed by atoms with Crippen LogP contribution in [0.2, 0.25) is 0 Å². The minimum atomic E-state index is -4.16. The van der Waals surface area contributed by atoms with Crippen LogP contribution in [0.5, 0.6) is 0 Å². The summed E-state index contributed by atoms with van der Waals surface area (Å²) >= 11 is 0. The van der Waals surface area contributed by atoms with Gasteiger partial charge in [0.05, 0.1) is 5.92 Å². The summed E-state index contributed by atoms with van der Waals surface area (Å²) in [5, 5.41) is 8.89. The fraction of sp³-hybridized carbons (Fsp3) is 0.778. The first-order chi connectivity index (χ1) is 6.04. The van der Waals surface area contributed by atoms with E-state index in [1.165, 1.54) is 0 Å². The standard InChI is InChI=1S/C9H11F3O/c10-9(11,12)8-6-2-1-5(3-6)7(8)4-13/h1-2,5-8,13H,3-4H2. The maximum atomic E-state index is 12.5.